The number of ether oxygens (including phenoxy) is 2. The molecule has 1 aliphatic rings. The third-order valence-corrected chi connectivity index (χ3v) is 6.23. The molecule has 0 amide bonds. The molecule has 1 rings (SSSR count). The van der Waals surface area contributed by atoms with Gasteiger partial charge in [0.2, 0.25) is 0 Å². The van der Waals surface area contributed by atoms with Crippen molar-refractivity contribution in [2.45, 2.75) is 87.9 Å². The first-order valence-electron chi connectivity index (χ1n) is 9.98. The molecule has 0 aromatic rings. The number of rotatable bonds is 11. The van der Waals surface area contributed by atoms with Crippen LogP contribution in [0.2, 0.25) is 0 Å². The lowest BCUT2D eigenvalue weighted by Crippen LogP contribution is -2.46. The van der Waals surface area contributed by atoms with Crippen LogP contribution < -0.4 is 0 Å². The Bertz CT molecular complexity index is 685. The van der Waals surface area contributed by atoms with Crippen molar-refractivity contribution in [3.8, 4) is 0 Å². The molecule has 0 aliphatic heterocycles. The molecule has 1 aliphatic carbocycles. The number of hydrogen-bond acceptors (Lipinski definition) is 6. The van der Waals surface area contributed by atoms with E-state index in [9.17, 15) is 35.3 Å². The number of carbonyl (C=O) groups is 1. The van der Waals surface area contributed by atoms with Crippen molar-refractivity contribution in [2.75, 3.05) is 13.2 Å². The number of halogens is 4. The maximum atomic E-state index is 13.3. The third-order valence-electron chi connectivity index (χ3n) is 5.30. The van der Waals surface area contributed by atoms with Crippen molar-refractivity contribution in [3.63, 3.8) is 0 Å². The zero-order chi connectivity index (χ0) is 23.1. The summed E-state index contributed by atoms with van der Waals surface area (Å²) in [5.74, 6) is -5.69. The minimum atomic E-state index is -6.50. The van der Waals surface area contributed by atoms with Gasteiger partial charge in [-0.3, -0.25) is 0 Å². The molecule has 0 heterocycles. The third kappa shape index (κ3) is 7.19. The van der Waals surface area contributed by atoms with E-state index in [-0.39, 0.29) is 12.2 Å². The van der Waals surface area contributed by atoms with E-state index in [0.717, 1.165) is 44.9 Å². The fourth-order valence-corrected chi connectivity index (χ4v) is 3.79. The van der Waals surface area contributed by atoms with Gasteiger partial charge in [-0.2, -0.15) is 17.6 Å². The van der Waals surface area contributed by atoms with Crippen LogP contribution in [0.5, 0.6) is 0 Å². The van der Waals surface area contributed by atoms with Gasteiger partial charge in [-0.05, 0) is 38.5 Å². The average Bonchev–Trinajstić information content (AvgIpc) is 2.62. The number of esters is 1. The maximum absolute atomic E-state index is 13.3. The molecule has 0 aromatic carbocycles. The van der Waals surface area contributed by atoms with Crippen molar-refractivity contribution < 1.29 is 44.8 Å². The van der Waals surface area contributed by atoms with Gasteiger partial charge in [-0.25, -0.2) is 13.2 Å². The lowest BCUT2D eigenvalue weighted by Gasteiger charge is -2.34. The maximum Gasteiger partial charge on any atom is 0.396 e. The van der Waals surface area contributed by atoms with Crippen LogP contribution in [0.15, 0.2) is 12.2 Å². The van der Waals surface area contributed by atoms with Crippen LogP contribution in [0.1, 0.15) is 71.1 Å². The second-order valence-electron chi connectivity index (χ2n) is 7.63. The van der Waals surface area contributed by atoms with E-state index in [0.29, 0.717) is 6.42 Å². The van der Waals surface area contributed by atoms with Crippen LogP contribution in [-0.2, 0) is 24.4 Å². The zero-order valence-corrected chi connectivity index (χ0v) is 17.9. The minimum absolute atomic E-state index is 0.0379. The van der Waals surface area contributed by atoms with Gasteiger partial charge in [0.25, 0.3) is 0 Å². The van der Waals surface area contributed by atoms with Crippen molar-refractivity contribution in [1.29, 1.82) is 0 Å². The van der Waals surface area contributed by atoms with Gasteiger partial charge < -0.3 is 14.0 Å². The highest BCUT2D eigenvalue weighted by Crippen LogP contribution is 2.41. The molecule has 0 aromatic heterocycles. The van der Waals surface area contributed by atoms with Gasteiger partial charge >= 0.3 is 17.1 Å². The first-order valence-corrected chi connectivity index (χ1v) is 11.4. The average molecular weight is 461 g/mol. The minimum Gasteiger partial charge on any atom is -0.743 e. The fraction of sp³-hybridized carbons (Fsp3) is 0.842. The highest BCUT2D eigenvalue weighted by Gasteiger charge is 2.60. The summed E-state index contributed by atoms with van der Waals surface area (Å²) in [7, 11) is -6.50. The van der Waals surface area contributed by atoms with E-state index in [1.807, 2.05) is 6.92 Å². The molecule has 0 N–H and O–H groups in total. The molecular weight excluding hydrogens is 432 g/mol. The highest BCUT2D eigenvalue weighted by atomic mass is 32.2. The summed E-state index contributed by atoms with van der Waals surface area (Å²) in [5.41, 5.74) is -0.609. The summed E-state index contributed by atoms with van der Waals surface area (Å²) >= 11 is 0. The summed E-state index contributed by atoms with van der Waals surface area (Å²) in [6, 6.07) is 0. The van der Waals surface area contributed by atoms with Gasteiger partial charge in [0.05, 0.1) is 12.2 Å². The van der Waals surface area contributed by atoms with E-state index < -0.39 is 52.3 Å². The van der Waals surface area contributed by atoms with E-state index in [1.54, 1.807) is 0 Å². The topological polar surface area (TPSA) is 92.7 Å². The van der Waals surface area contributed by atoms with Gasteiger partial charge in [-0.15, -0.1) is 0 Å². The normalized spacial score (nSPS) is 18.3. The molecule has 30 heavy (non-hydrogen) atoms. The molecule has 11 heteroatoms. The van der Waals surface area contributed by atoms with Crippen LogP contribution >= 0.6 is 0 Å². The Morgan fingerprint density at radius 2 is 1.63 bits per heavy atom. The molecule has 0 spiro atoms. The van der Waals surface area contributed by atoms with Gasteiger partial charge in [0.1, 0.15) is 5.60 Å². The van der Waals surface area contributed by atoms with Crippen LogP contribution in [0.3, 0.4) is 0 Å². The number of alkyl halides is 4. The van der Waals surface area contributed by atoms with Crippen molar-refractivity contribution in [2.24, 2.45) is 0 Å². The Balaban J connectivity index is 2.46. The molecule has 0 bridgehead atoms. The molecular formula is C19H29F4O6S-. The monoisotopic (exact) mass is 461 g/mol. The zero-order valence-electron chi connectivity index (χ0n) is 17.1. The molecule has 176 valence electrons. The predicted molar refractivity (Wildman–Crippen MR) is 100 cm³/mol. The number of carbonyl (C=O) groups excluding carboxylic acids is 1. The lowest BCUT2D eigenvalue weighted by molar-refractivity contribution is -0.166. The largest absolute Gasteiger partial charge is 0.743 e. The van der Waals surface area contributed by atoms with E-state index in [2.05, 4.69) is 6.58 Å². The van der Waals surface area contributed by atoms with Crippen LogP contribution in [-0.4, -0.2) is 48.9 Å². The molecule has 6 nitrogen and oxygen atoms in total. The summed E-state index contributed by atoms with van der Waals surface area (Å²) in [5, 5.41) is -5.71. The van der Waals surface area contributed by atoms with E-state index >= 15 is 0 Å². The summed E-state index contributed by atoms with van der Waals surface area (Å²) in [6.45, 7) is 4.68. The first kappa shape index (κ1) is 26.8. The lowest BCUT2D eigenvalue weighted by atomic mass is 9.85. The van der Waals surface area contributed by atoms with Crippen LogP contribution in [0.25, 0.3) is 0 Å². The van der Waals surface area contributed by atoms with E-state index in [1.165, 1.54) is 0 Å². The first-order chi connectivity index (χ1) is 13.8. The van der Waals surface area contributed by atoms with Crippen molar-refractivity contribution >= 4 is 16.1 Å². The second-order valence-corrected chi connectivity index (χ2v) is 9.05. The number of hydrogen-bond donors (Lipinski definition) is 0. The SMILES string of the molecule is C=C(COCCCC(F)(F)C(F)(F)S(=O)(=O)[O-])C(=O)OC1(CC)CCCCCCC1. The van der Waals surface area contributed by atoms with Crippen LogP contribution in [0, 0.1) is 0 Å². The molecule has 1 saturated carbocycles. The summed E-state index contributed by atoms with van der Waals surface area (Å²) < 4.78 is 94.4. The molecule has 0 atom stereocenters. The van der Waals surface area contributed by atoms with Gasteiger partial charge in [0.15, 0.2) is 10.1 Å². The summed E-state index contributed by atoms with van der Waals surface area (Å²) in [6.07, 6.45) is 5.10. The highest BCUT2D eigenvalue weighted by molar-refractivity contribution is 7.86. The second kappa shape index (κ2) is 10.9. The van der Waals surface area contributed by atoms with Crippen molar-refractivity contribution in [3.05, 3.63) is 12.2 Å². The predicted octanol–water partition coefficient (Wildman–Crippen LogP) is 4.55. The summed E-state index contributed by atoms with van der Waals surface area (Å²) in [4.78, 5) is 12.3. The Labute approximate surface area is 174 Å². The Morgan fingerprint density at radius 3 is 2.13 bits per heavy atom. The Kier molecular flexibility index (Phi) is 9.75. The van der Waals surface area contributed by atoms with Crippen molar-refractivity contribution in [1.82, 2.24) is 0 Å². The molecule has 0 radical (unpaired) electrons. The van der Waals surface area contributed by atoms with Crippen LogP contribution in [0.4, 0.5) is 17.6 Å². The van der Waals surface area contributed by atoms with E-state index in [4.69, 9.17) is 9.47 Å². The fourth-order valence-electron chi connectivity index (χ4n) is 3.33. The van der Waals surface area contributed by atoms with Gasteiger partial charge in [-0.1, -0.05) is 32.8 Å². The standard InChI is InChI=1S/C19H30F4O6S/c1-3-17(10-7-5-4-6-8-11-17)29-16(24)15(2)14-28-13-9-12-18(20,21)19(22,23)30(25,26)27/h2-14H2,1H3,(H,25,26,27)/p-1. The molecule has 0 unspecified atom stereocenters. The molecule has 0 saturated heterocycles. The Hall–Kier alpha value is -1.20. The smallest absolute Gasteiger partial charge is 0.396 e. The molecule has 1 fully saturated rings. The Morgan fingerprint density at radius 1 is 1.10 bits per heavy atom. The van der Waals surface area contributed by atoms with Gasteiger partial charge in [0, 0.05) is 13.0 Å². The quantitative estimate of drug-likeness (QED) is 0.147.